The third kappa shape index (κ3) is 4.34. The maximum Gasteiger partial charge on any atom is 0.332 e. The monoisotopic (exact) mass is 433 g/mol. The van der Waals surface area contributed by atoms with Crippen molar-refractivity contribution in [3.05, 3.63) is 78.3 Å². The second-order valence-electron chi connectivity index (χ2n) is 7.50. The molecule has 2 aromatic carbocycles. The zero-order valence-electron chi connectivity index (χ0n) is 17.8. The van der Waals surface area contributed by atoms with Crippen molar-refractivity contribution in [2.24, 2.45) is 0 Å². The summed E-state index contributed by atoms with van der Waals surface area (Å²) in [5.41, 5.74) is 2.05. The summed E-state index contributed by atoms with van der Waals surface area (Å²) in [6, 6.07) is 15.9. The van der Waals surface area contributed by atoms with Crippen LogP contribution in [0.3, 0.4) is 0 Å². The van der Waals surface area contributed by atoms with Crippen LogP contribution in [0.25, 0.3) is 0 Å². The van der Waals surface area contributed by atoms with Crippen LogP contribution in [0, 0.1) is 6.92 Å². The molecule has 0 saturated carbocycles. The Bertz CT molecular complexity index is 1110. The number of nitrogens with zero attached hydrogens (tertiary/aromatic N) is 2. The van der Waals surface area contributed by atoms with Crippen LogP contribution in [0.1, 0.15) is 17.7 Å². The number of anilines is 2. The number of nitrogens with one attached hydrogen (secondary N) is 1. The van der Waals surface area contributed by atoms with Crippen molar-refractivity contribution in [1.29, 1.82) is 0 Å². The third-order valence-electron chi connectivity index (χ3n) is 5.27. The van der Waals surface area contributed by atoms with Gasteiger partial charge in [-0.3, -0.25) is 9.59 Å². The van der Waals surface area contributed by atoms with E-state index in [1.807, 2.05) is 19.1 Å². The summed E-state index contributed by atoms with van der Waals surface area (Å²) in [4.78, 5) is 41.7. The highest BCUT2D eigenvalue weighted by molar-refractivity contribution is 6.22. The van der Waals surface area contributed by atoms with Gasteiger partial charge in [-0.2, -0.15) is 0 Å². The van der Waals surface area contributed by atoms with Gasteiger partial charge in [0.05, 0.1) is 32.0 Å². The van der Waals surface area contributed by atoms with Crippen LogP contribution in [0.4, 0.5) is 16.2 Å². The van der Waals surface area contributed by atoms with Gasteiger partial charge in [0, 0.05) is 5.69 Å². The van der Waals surface area contributed by atoms with Crippen LogP contribution in [0.2, 0.25) is 0 Å². The van der Waals surface area contributed by atoms with E-state index in [0.717, 1.165) is 10.5 Å². The van der Waals surface area contributed by atoms with E-state index in [1.54, 1.807) is 55.6 Å². The van der Waals surface area contributed by atoms with Crippen molar-refractivity contribution in [1.82, 2.24) is 4.90 Å². The van der Waals surface area contributed by atoms with Gasteiger partial charge < -0.3 is 19.4 Å². The van der Waals surface area contributed by atoms with Gasteiger partial charge in [-0.05, 0) is 55.5 Å². The van der Waals surface area contributed by atoms with Crippen molar-refractivity contribution in [2.45, 2.75) is 25.9 Å². The molecule has 1 aromatic heterocycles. The fourth-order valence-electron chi connectivity index (χ4n) is 3.58. The Morgan fingerprint density at radius 2 is 1.78 bits per heavy atom. The van der Waals surface area contributed by atoms with Crippen LogP contribution in [-0.2, 0) is 16.1 Å². The molecule has 8 heteroatoms. The lowest BCUT2D eigenvalue weighted by atomic mass is 10.1. The summed E-state index contributed by atoms with van der Waals surface area (Å²) in [5.74, 6) is 0.363. The lowest BCUT2D eigenvalue weighted by Crippen LogP contribution is -2.37. The normalized spacial score (nSPS) is 15.9. The van der Waals surface area contributed by atoms with Gasteiger partial charge in [-0.25, -0.2) is 9.69 Å². The van der Waals surface area contributed by atoms with Gasteiger partial charge >= 0.3 is 6.03 Å². The van der Waals surface area contributed by atoms with Crippen molar-refractivity contribution in [2.75, 3.05) is 17.3 Å². The molecule has 0 aliphatic carbocycles. The number of hydrogen-bond donors (Lipinski definition) is 1. The Balaban J connectivity index is 1.56. The van der Waals surface area contributed by atoms with Crippen LogP contribution in [0.5, 0.6) is 5.75 Å². The Labute approximate surface area is 185 Å². The van der Waals surface area contributed by atoms with Gasteiger partial charge in [-0.1, -0.05) is 17.7 Å². The first-order valence-electron chi connectivity index (χ1n) is 10.1. The molecule has 1 saturated heterocycles. The average Bonchev–Trinajstić information content (AvgIpc) is 3.38. The first-order chi connectivity index (χ1) is 15.5. The summed E-state index contributed by atoms with van der Waals surface area (Å²) in [6.45, 7) is 2.01. The summed E-state index contributed by atoms with van der Waals surface area (Å²) >= 11 is 0. The van der Waals surface area contributed by atoms with Crippen LogP contribution in [-0.4, -0.2) is 35.9 Å². The van der Waals surface area contributed by atoms with Crippen molar-refractivity contribution in [3.63, 3.8) is 0 Å². The quantitative estimate of drug-likeness (QED) is 0.570. The number of amides is 4. The molecule has 0 bridgehead atoms. The van der Waals surface area contributed by atoms with Crippen LogP contribution < -0.4 is 15.0 Å². The van der Waals surface area contributed by atoms with Crippen molar-refractivity contribution >= 4 is 29.2 Å². The second-order valence-corrected chi connectivity index (χ2v) is 7.50. The van der Waals surface area contributed by atoms with E-state index in [9.17, 15) is 14.4 Å². The second kappa shape index (κ2) is 8.97. The van der Waals surface area contributed by atoms with Gasteiger partial charge in [-0.15, -0.1) is 0 Å². The number of aryl methyl sites for hydroxylation is 1. The SMILES string of the molecule is COc1ccc(NC(=O)C[C@H]2C(=O)N(c3ccc(C)cc3)C(=O)N2Cc2ccco2)cc1. The minimum atomic E-state index is -0.952. The molecule has 3 aromatic rings. The number of carbonyl (C=O) groups excluding carboxylic acids is 3. The molecule has 1 aliphatic rings. The molecule has 4 amide bonds. The Kier molecular flexibility index (Phi) is 5.93. The molecule has 8 nitrogen and oxygen atoms in total. The fourth-order valence-corrected chi connectivity index (χ4v) is 3.58. The molecule has 1 atom stereocenters. The van der Waals surface area contributed by atoms with E-state index >= 15 is 0 Å². The molecule has 0 radical (unpaired) electrons. The highest BCUT2D eigenvalue weighted by Gasteiger charge is 2.46. The lowest BCUT2D eigenvalue weighted by molar-refractivity contribution is -0.124. The third-order valence-corrected chi connectivity index (χ3v) is 5.27. The van der Waals surface area contributed by atoms with Gasteiger partial charge in [0.1, 0.15) is 17.6 Å². The predicted molar refractivity (Wildman–Crippen MR) is 118 cm³/mol. The van der Waals surface area contributed by atoms with E-state index < -0.39 is 18.0 Å². The Hall–Kier alpha value is -4.07. The van der Waals surface area contributed by atoms with E-state index in [0.29, 0.717) is 22.9 Å². The highest BCUT2D eigenvalue weighted by atomic mass is 16.5. The summed E-state index contributed by atoms with van der Waals surface area (Å²) in [5, 5.41) is 2.77. The molecule has 164 valence electrons. The predicted octanol–water partition coefficient (Wildman–Crippen LogP) is 3.96. The van der Waals surface area contributed by atoms with Gasteiger partial charge in [0.2, 0.25) is 5.91 Å². The number of carbonyl (C=O) groups is 3. The average molecular weight is 433 g/mol. The summed E-state index contributed by atoms with van der Waals surface area (Å²) in [7, 11) is 1.56. The Morgan fingerprint density at radius 3 is 2.41 bits per heavy atom. The zero-order chi connectivity index (χ0) is 22.7. The summed E-state index contributed by atoms with van der Waals surface area (Å²) in [6.07, 6.45) is 1.32. The number of imide groups is 1. The van der Waals surface area contributed by atoms with Crippen LogP contribution in [0.15, 0.2) is 71.3 Å². The molecule has 0 unspecified atom stereocenters. The molecule has 4 rings (SSSR count). The topological polar surface area (TPSA) is 92.1 Å². The van der Waals surface area contributed by atoms with Crippen LogP contribution >= 0.6 is 0 Å². The van der Waals surface area contributed by atoms with Gasteiger partial charge in [0.25, 0.3) is 5.91 Å². The molecule has 1 N–H and O–H groups in total. The number of hydrogen-bond acceptors (Lipinski definition) is 5. The van der Waals surface area contributed by atoms with E-state index in [1.165, 1.54) is 11.2 Å². The number of methoxy groups -OCH3 is 1. The first kappa shape index (κ1) is 21.2. The largest absolute Gasteiger partial charge is 0.497 e. The first-order valence-corrected chi connectivity index (χ1v) is 10.1. The molecule has 2 heterocycles. The number of benzene rings is 2. The standard InChI is InChI=1S/C24H23N3O5/c1-16-5-9-18(10-6-16)27-23(29)21(26(24(27)30)15-20-4-3-13-32-20)14-22(28)25-17-7-11-19(31-2)12-8-17/h3-13,21H,14-15H2,1-2H3,(H,25,28)/t21-/m0/s1. The smallest absolute Gasteiger partial charge is 0.332 e. The van der Waals surface area contributed by atoms with E-state index in [4.69, 9.17) is 9.15 Å². The molecular formula is C24H23N3O5. The number of rotatable bonds is 7. The molecule has 0 spiro atoms. The maximum absolute atomic E-state index is 13.2. The van der Waals surface area contributed by atoms with Crippen molar-refractivity contribution < 1.29 is 23.5 Å². The molecular weight excluding hydrogens is 410 g/mol. The molecule has 1 fully saturated rings. The van der Waals surface area contributed by atoms with E-state index in [-0.39, 0.29) is 18.9 Å². The minimum absolute atomic E-state index is 0.0837. The van der Waals surface area contributed by atoms with Crippen molar-refractivity contribution in [3.8, 4) is 5.75 Å². The van der Waals surface area contributed by atoms with Gasteiger partial charge in [0.15, 0.2) is 0 Å². The molecule has 1 aliphatic heterocycles. The fraction of sp³-hybridized carbons (Fsp3) is 0.208. The zero-order valence-corrected chi connectivity index (χ0v) is 17.8. The lowest BCUT2D eigenvalue weighted by Gasteiger charge is -2.20. The van der Waals surface area contributed by atoms with E-state index in [2.05, 4.69) is 5.32 Å². The molecule has 32 heavy (non-hydrogen) atoms. The summed E-state index contributed by atoms with van der Waals surface area (Å²) < 4.78 is 10.5. The number of ether oxygens (including phenoxy) is 1. The Morgan fingerprint density at radius 1 is 1.06 bits per heavy atom. The highest BCUT2D eigenvalue weighted by Crippen LogP contribution is 2.29. The maximum atomic E-state index is 13.2. The number of urea groups is 1. The number of furan rings is 1. The minimum Gasteiger partial charge on any atom is -0.497 e.